The van der Waals surface area contributed by atoms with Gasteiger partial charge in [-0.15, -0.1) is 0 Å². The Balaban J connectivity index is 2.11. The van der Waals surface area contributed by atoms with Gasteiger partial charge in [0, 0.05) is 16.1 Å². The fourth-order valence-corrected chi connectivity index (χ4v) is 5.05. The van der Waals surface area contributed by atoms with Crippen molar-refractivity contribution in [1.29, 1.82) is 0 Å². The Morgan fingerprint density at radius 1 is 1.10 bits per heavy atom. The minimum atomic E-state index is -3.51. The van der Waals surface area contributed by atoms with E-state index >= 15 is 0 Å². The van der Waals surface area contributed by atoms with E-state index in [-0.39, 0.29) is 11.2 Å². The van der Waals surface area contributed by atoms with Crippen molar-refractivity contribution in [3.63, 3.8) is 0 Å². The Labute approximate surface area is 132 Å². The molecule has 1 aromatic carbocycles. The average Bonchev–Trinajstić information content (AvgIpc) is 2.34. The Morgan fingerprint density at radius 3 is 2.19 bits per heavy atom. The second-order valence-corrected chi connectivity index (χ2v) is 9.13. The first kappa shape index (κ1) is 16.6. The summed E-state index contributed by atoms with van der Waals surface area (Å²) >= 11 is 0. The van der Waals surface area contributed by atoms with Gasteiger partial charge in [0.2, 0.25) is 9.05 Å². The molecule has 1 fully saturated rings. The molecule has 0 N–H and O–H groups in total. The molecule has 0 bridgehead atoms. The van der Waals surface area contributed by atoms with E-state index in [0.29, 0.717) is 6.61 Å². The van der Waals surface area contributed by atoms with Crippen LogP contribution in [0.3, 0.4) is 0 Å². The van der Waals surface area contributed by atoms with Gasteiger partial charge in [-0.2, -0.15) is 0 Å². The molecular weight excluding hydrogens is 308 g/mol. The van der Waals surface area contributed by atoms with Gasteiger partial charge in [-0.25, -0.2) is 8.42 Å². The zero-order chi connectivity index (χ0) is 15.5. The zero-order valence-corrected chi connectivity index (χ0v) is 14.3. The average molecular weight is 331 g/mol. The Morgan fingerprint density at radius 2 is 1.67 bits per heavy atom. The molecule has 0 aliphatic heterocycles. The van der Waals surface area contributed by atoms with Gasteiger partial charge in [0.05, 0.1) is 12.4 Å². The van der Waals surface area contributed by atoms with Crippen molar-refractivity contribution in [3.05, 3.63) is 29.3 Å². The highest BCUT2D eigenvalue weighted by Gasteiger charge is 2.37. The first-order valence-corrected chi connectivity index (χ1v) is 9.89. The van der Waals surface area contributed by atoms with Crippen molar-refractivity contribution < 1.29 is 13.2 Å². The van der Waals surface area contributed by atoms with Crippen LogP contribution >= 0.6 is 10.7 Å². The third-order valence-corrected chi connectivity index (χ3v) is 5.42. The summed E-state index contributed by atoms with van der Waals surface area (Å²) in [5.74, 6) is 0.816. The van der Waals surface area contributed by atoms with Crippen LogP contribution in [-0.2, 0) is 9.05 Å². The summed E-state index contributed by atoms with van der Waals surface area (Å²) in [5, 5.41) is 0. The van der Waals surface area contributed by atoms with Crippen molar-refractivity contribution in [2.45, 2.75) is 46.0 Å². The Hall–Kier alpha value is -0.740. The van der Waals surface area contributed by atoms with Gasteiger partial charge in [0.25, 0.3) is 0 Å². The first-order chi connectivity index (χ1) is 9.78. The number of hydrogen-bond donors (Lipinski definition) is 0. The van der Waals surface area contributed by atoms with Gasteiger partial charge < -0.3 is 4.74 Å². The Bertz CT molecular complexity index is 569. The molecule has 3 nitrogen and oxygen atoms in total. The maximum atomic E-state index is 11.5. The van der Waals surface area contributed by atoms with E-state index in [1.807, 2.05) is 26.0 Å². The van der Waals surface area contributed by atoms with Crippen LogP contribution in [-0.4, -0.2) is 20.8 Å². The highest BCUT2D eigenvalue weighted by Crippen LogP contribution is 2.39. The van der Waals surface area contributed by atoms with E-state index in [9.17, 15) is 8.42 Å². The zero-order valence-electron chi connectivity index (χ0n) is 12.7. The minimum Gasteiger partial charge on any atom is -0.493 e. The molecule has 21 heavy (non-hydrogen) atoms. The molecule has 0 radical (unpaired) electrons. The third kappa shape index (κ3) is 5.19. The highest BCUT2D eigenvalue weighted by atomic mass is 35.7. The number of rotatable bonds is 5. The van der Waals surface area contributed by atoms with Crippen LogP contribution in [0.15, 0.2) is 18.2 Å². The monoisotopic (exact) mass is 330 g/mol. The third-order valence-electron chi connectivity index (χ3n) is 4.13. The van der Waals surface area contributed by atoms with Gasteiger partial charge in [0.15, 0.2) is 0 Å². The molecule has 1 aliphatic rings. The van der Waals surface area contributed by atoms with Gasteiger partial charge >= 0.3 is 0 Å². The molecule has 0 saturated heterocycles. The normalized spacial score (nSPS) is 18.4. The molecule has 5 heteroatoms. The van der Waals surface area contributed by atoms with Crippen molar-refractivity contribution in [2.75, 3.05) is 12.4 Å². The molecule has 1 aromatic rings. The van der Waals surface area contributed by atoms with E-state index < -0.39 is 9.05 Å². The summed E-state index contributed by atoms with van der Waals surface area (Å²) in [6, 6.07) is 6.06. The highest BCUT2D eigenvalue weighted by molar-refractivity contribution is 8.13. The van der Waals surface area contributed by atoms with Crippen LogP contribution in [0.2, 0.25) is 0 Å². The van der Waals surface area contributed by atoms with E-state index in [1.165, 1.54) is 0 Å². The molecule has 0 amide bonds. The van der Waals surface area contributed by atoms with Crippen LogP contribution in [0, 0.1) is 19.3 Å². The number of benzene rings is 1. The molecule has 1 aliphatic carbocycles. The maximum Gasteiger partial charge on any atom is 0.233 e. The second kappa shape index (κ2) is 6.57. The number of ether oxygens (including phenoxy) is 1. The molecule has 0 atom stereocenters. The molecule has 0 aromatic heterocycles. The van der Waals surface area contributed by atoms with Crippen LogP contribution in [0.4, 0.5) is 0 Å². The lowest BCUT2D eigenvalue weighted by Crippen LogP contribution is -2.36. The lowest BCUT2D eigenvalue weighted by molar-refractivity contribution is 0.119. The first-order valence-electron chi connectivity index (χ1n) is 7.42. The van der Waals surface area contributed by atoms with E-state index in [4.69, 9.17) is 15.4 Å². The fourth-order valence-electron chi connectivity index (χ4n) is 3.25. The van der Waals surface area contributed by atoms with Crippen LogP contribution in [0.1, 0.15) is 43.2 Å². The van der Waals surface area contributed by atoms with Crippen LogP contribution in [0.5, 0.6) is 5.75 Å². The van der Waals surface area contributed by atoms with E-state index in [0.717, 1.165) is 49.0 Å². The maximum absolute atomic E-state index is 11.5. The lowest BCUT2D eigenvalue weighted by Gasteiger charge is -2.36. The van der Waals surface area contributed by atoms with E-state index in [1.54, 1.807) is 0 Å². The molecule has 0 spiro atoms. The summed E-state index contributed by atoms with van der Waals surface area (Å²) in [7, 11) is 1.99. The molecule has 2 rings (SSSR count). The molecule has 0 unspecified atom stereocenters. The quantitative estimate of drug-likeness (QED) is 0.760. The van der Waals surface area contributed by atoms with E-state index in [2.05, 4.69) is 6.07 Å². The molecule has 118 valence electrons. The summed E-state index contributed by atoms with van der Waals surface area (Å²) in [5.41, 5.74) is 1.96. The SMILES string of the molecule is Cc1cc(C)cc(OCC2(CS(=O)(=O)Cl)CCCCC2)c1. The van der Waals surface area contributed by atoms with Crippen LogP contribution < -0.4 is 4.74 Å². The van der Waals surface area contributed by atoms with Crippen molar-refractivity contribution in [1.82, 2.24) is 0 Å². The molecule has 1 saturated carbocycles. The number of halogens is 1. The standard InChI is InChI=1S/C16H23ClO3S/c1-13-8-14(2)10-15(9-13)20-11-16(12-21(17,18)19)6-4-3-5-7-16/h8-10H,3-7,11-12H2,1-2H3. The topological polar surface area (TPSA) is 43.4 Å². The van der Waals surface area contributed by atoms with Gasteiger partial charge in [-0.05, 0) is 49.9 Å². The predicted molar refractivity (Wildman–Crippen MR) is 86.6 cm³/mol. The summed E-state index contributed by atoms with van der Waals surface area (Å²) < 4.78 is 29.0. The van der Waals surface area contributed by atoms with Crippen molar-refractivity contribution in [2.24, 2.45) is 5.41 Å². The predicted octanol–water partition coefficient (Wildman–Crippen LogP) is 4.20. The summed E-state index contributed by atoms with van der Waals surface area (Å²) in [6.07, 6.45) is 4.98. The van der Waals surface area contributed by atoms with Crippen LogP contribution in [0.25, 0.3) is 0 Å². The van der Waals surface area contributed by atoms with Crippen molar-refractivity contribution >= 4 is 19.7 Å². The van der Waals surface area contributed by atoms with Gasteiger partial charge in [-0.3, -0.25) is 0 Å². The summed E-state index contributed by atoms with van der Waals surface area (Å²) in [6.45, 7) is 4.47. The van der Waals surface area contributed by atoms with Gasteiger partial charge in [-0.1, -0.05) is 25.3 Å². The molecule has 0 heterocycles. The number of hydrogen-bond acceptors (Lipinski definition) is 3. The summed E-state index contributed by atoms with van der Waals surface area (Å²) in [4.78, 5) is 0. The fraction of sp³-hybridized carbons (Fsp3) is 0.625. The Kier molecular flexibility index (Phi) is 5.20. The largest absolute Gasteiger partial charge is 0.493 e. The van der Waals surface area contributed by atoms with Crippen molar-refractivity contribution in [3.8, 4) is 5.75 Å². The second-order valence-electron chi connectivity index (χ2n) is 6.36. The minimum absolute atomic E-state index is 0.00630. The smallest absolute Gasteiger partial charge is 0.233 e. The lowest BCUT2D eigenvalue weighted by atomic mass is 9.76. The molecular formula is C16H23ClO3S. The number of aryl methyl sites for hydroxylation is 2. The van der Waals surface area contributed by atoms with Gasteiger partial charge in [0.1, 0.15) is 5.75 Å².